The zero-order valence-corrected chi connectivity index (χ0v) is 20.7. The molecule has 0 unspecified atom stereocenters. The Morgan fingerprint density at radius 1 is 1.06 bits per heavy atom. The summed E-state index contributed by atoms with van der Waals surface area (Å²) in [6, 6.07) is 13.1. The molecule has 4 rings (SSSR count). The summed E-state index contributed by atoms with van der Waals surface area (Å²) in [5, 5.41) is 14.8. The standard InChI is InChI=1S/C22H27NO3.C4H10.C2H6/c24-22(25)17-12-18(13-17)23-14-15-9-10-20-16(11-15)5-4-8-21(20)26-19-6-2-1-3-7-19;1-4(2)3;1-2/h4-5,8-11,17-19,23H,1-3,6-7,12-14H2,(H,24,25);4H,1-3H3;1-2H3. The highest BCUT2D eigenvalue weighted by Crippen LogP contribution is 2.31. The van der Waals surface area contributed by atoms with Gasteiger partial charge in [0.15, 0.2) is 0 Å². The zero-order chi connectivity index (χ0) is 23.5. The third-order valence-electron chi connectivity index (χ3n) is 5.83. The van der Waals surface area contributed by atoms with Gasteiger partial charge in [0, 0.05) is 18.0 Å². The van der Waals surface area contributed by atoms with Gasteiger partial charge in [-0.25, -0.2) is 0 Å². The number of aliphatic carboxylic acids is 1. The molecular weight excluding hydrogens is 398 g/mol. The first-order valence-corrected chi connectivity index (χ1v) is 12.6. The van der Waals surface area contributed by atoms with E-state index in [2.05, 4.69) is 62.5 Å². The highest BCUT2D eigenvalue weighted by atomic mass is 16.5. The molecule has 0 amide bonds. The van der Waals surface area contributed by atoms with E-state index in [1.54, 1.807) is 0 Å². The molecule has 0 bridgehead atoms. The first-order valence-electron chi connectivity index (χ1n) is 12.6. The van der Waals surface area contributed by atoms with Gasteiger partial charge in [-0.1, -0.05) is 65.3 Å². The smallest absolute Gasteiger partial charge is 0.306 e. The van der Waals surface area contributed by atoms with Crippen molar-refractivity contribution in [2.45, 2.75) is 98.3 Å². The van der Waals surface area contributed by atoms with Gasteiger partial charge >= 0.3 is 5.97 Å². The number of carbonyl (C=O) groups is 1. The van der Waals surface area contributed by atoms with Crippen molar-refractivity contribution >= 4 is 16.7 Å². The van der Waals surface area contributed by atoms with E-state index in [0.717, 1.165) is 43.9 Å². The van der Waals surface area contributed by atoms with E-state index < -0.39 is 5.97 Å². The fourth-order valence-corrected chi connectivity index (χ4v) is 4.13. The van der Waals surface area contributed by atoms with Gasteiger partial charge in [-0.15, -0.1) is 0 Å². The van der Waals surface area contributed by atoms with Crippen molar-refractivity contribution in [2.24, 2.45) is 11.8 Å². The van der Waals surface area contributed by atoms with Gasteiger partial charge in [0.05, 0.1) is 12.0 Å². The predicted molar refractivity (Wildman–Crippen MR) is 134 cm³/mol. The second-order valence-corrected chi connectivity index (χ2v) is 9.51. The maximum atomic E-state index is 10.9. The molecule has 2 aromatic rings. The van der Waals surface area contributed by atoms with E-state index >= 15 is 0 Å². The van der Waals surface area contributed by atoms with Gasteiger partial charge in [0.1, 0.15) is 5.75 Å². The Labute approximate surface area is 194 Å². The van der Waals surface area contributed by atoms with Crippen molar-refractivity contribution < 1.29 is 14.6 Å². The van der Waals surface area contributed by atoms with E-state index in [-0.39, 0.29) is 5.92 Å². The third-order valence-corrected chi connectivity index (χ3v) is 5.83. The molecule has 0 radical (unpaired) electrons. The lowest BCUT2D eigenvalue weighted by atomic mass is 9.80. The summed E-state index contributed by atoms with van der Waals surface area (Å²) in [7, 11) is 0. The molecule has 2 aliphatic carbocycles. The van der Waals surface area contributed by atoms with Crippen LogP contribution in [0.25, 0.3) is 10.8 Å². The normalized spacial score (nSPS) is 20.4. The lowest BCUT2D eigenvalue weighted by molar-refractivity contribution is -0.145. The Morgan fingerprint density at radius 2 is 1.72 bits per heavy atom. The van der Waals surface area contributed by atoms with Gasteiger partial charge < -0.3 is 15.2 Å². The average Bonchev–Trinajstić information content (AvgIpc) is 2.74. The first kappa shape index (κ1) is 26.2. The Kier molecular flexibility index (Phi) is 11.0. The predicted octanol–water partition coefficient (Wildman–Crippen LogP) is 7.19. The van der Waals surface area contributed by atoms with Crippen LogP contribution < -0.4 is 10.1 Å². The van der Waals surface area contributed by atoms with E-state index in [4.69, 9.17) is 9.84 Å². The number of fused-ring (bicyclic) bond motifs is 1. The molecule has 2 aromatic carbocycles. The van der Waals surface area contributed by atoms with Crippen LogP contribution >= 0.6 is 0 Å². The van der Waals surface area contributed by atoms with Crippen LogP contribution in [0.3, 0.4) is 0 Å². The van der Waals surface area contributed by atoms with E-state index in [0.29, 0.717) is 12.1 Å². The maximum Gasteiger partial charge on any atom is 0.306 e. The van der Waals surface area contributed by atoms with Gasteiger partial charge in [0.25, 0.3) is 0 Å². The van der Waals surface area contributed by atoms with Crippen molar-refractivity contribution in [3.05, 3.63) is 42.0 Å². The van der Waals surface area contributed by atoms with Gasteiger partial charge in [-0.3, -0.25) is 4.79 Å². The number of carboxylic acids is 1. The minimum atomic E-state index is -0.667. The Balaban J connectivity index is 0.000000547. The Bertz CT molecular complexity index is 818. The van der Waals surface area contributed by atoms with Crippen molar-refractivity contribution in [1.29, 1.82) is 0 Å². The van der Waals surface area contributed by atoms with Crippen molar-refractivity contribution in [1.82, 2.24) is 5.32 Å². The molecule has 0 atom stereocenters. The van der Waals surface area contributed by atoms with Gasteiger partial charge in [-0.2, -0.15) is 0 Å². The first-order chi connectivity index (χ1) is 15.4. The van der Waals surface area contributed by atoms with E-state index in [9.17, 15) is 4.79 Å². The SMILES string of the molecule is CC.CC(C)C.O=C(O)C1CC(NCc2ccc3c(OC4CCCCC4)cccc3c2)C1. The summed E-state index contributed by atoms with van der Waals surface area (Å²) < 4.78 is 6.30. The van der Waals surface area contributed by atoms with Crippen LogP contribution in [0, 0.1) is 11.8 Å². The third kappa shape index (κ3) is 8.12. The summed E-state index contributed by atoms with van der Waals surface area (Å²) in [6.45, 7) is 11.3. The van der Waals surface area contributed by atoms with Crippen LogP contribution in [0.15, 0.2) is 36.4 Å². The number of carboxylic acid groups (broad SMARTS) is 1. The maximum absolute atomic E-state index is 10.9. The molecule has 178 valence electrons. The molecule has 2 aliphatic rings. The molecule has 0 aromatic heterocycles. The van der Waals surface area contributed by atoms with E-state index in [1.165, 1.54) is 35.6 Å². The quantitative estimate of drug-likeness (QED) is 0.498. The Hall–Kier alpha value is -2.07. The summed E-state index contributed by atoms with van der Waals surface area (Å²) in [5.74, 6) is 1.00. The second-order valence-electron chi connectivity index (χ2n) is 9.51. The van der Waals surface area contributed by atoms with Crippen LogP contribution in [0.5, 0.6) is 5.75 Å². The number of benzene rings is 2. The number of hydrogen-bond acceptors (Lipinski definition) is 3. The molecule has 0 aliphatic heterocycles. The lowest BCUT2D eigenvalue weighted by Crippen LogP contribution is -2.43. The average molecular weight is 442 g/mol. The summed E-state index contributed by atoms with van der Waals surface area (Å²) in [6.07, 6.45) is 8.04. The lowest BCUT2D eigenvalue weighted by Gasteiger charge is -2.33. The molecule has 4 heteroatoms. The zero-order valence-electron chi connectivity index (χ0n) is 20.7. The van der Waals surface area contributed by atoms with E-state index in [1.807, 2.05) is 13.8 Å². The van der Waals surface area contributed by atoms with Gasteiger partial charge in [-0.05, 0) is 67.5 Å². The molecule has 0 spiro atoms. The molecular formula is C28H43NO3. The highest BCUT2D eigenvalue weighted by molar-refractivity contribution is 5.88. The van der Waals surface area contributed by atoms with Crippen molar-refractivity contribution in [2.75, 3.05) is 0 Å². The Morgan fingerprint density at radius 3 is 2.34 bits per heavy atom. The van der Waals surface area contributed by atoms with Gasteiger partial charge in [0.2, 0.25) is 0 Å². The minimum absolute atomic E-state index is 0.163. The topological polar surface area (TPSA) is 58.6 Å². The monoisotopic (exact) mass is 441 g/mol. The number of rotatable bonds is 6. The van der Waals surface area contributed by atoms with Crippen LogP contribution in [-0.2, 0) is 11.3 Å². The molecule has 0 heterocycles. The number of hydrogen-bond donors (Lipinski definition) is 2. The molecule has 0 saturated heterocycles. The largest absolute Gasteiger partial charge is 0.490 e. The fraction of sp³-hybridized carbons (Fsp3) is 0.607. The summed E-state index contributed by atoms with van der Waals surface area (Å²) >= 11 is 0. The van der Waals surface area contributed by atoms with Crippen LogP contribution in [0.4, 0.5) is 0 Å². The second kappa shape index (κ2) is 13.5. The molecule has 2 fully saturated rings. The van der Waals surface area contributed by atoms with Crippen molar-refractivity contribution in [3.8, 4) is 5.75 Å². The molecule has 4 nitrogen and oxygen atoms in total. The van der Waals surface area contributed by atoms with Crippen LogP contribution in [0.2, 0.25) is 0 Å². The number of nitrogens with one attached hydrogen (secondary N) is 1. The minimum Gasteiger partial charge on any atom is -0.490 e. The summed E-state index contributed by atoms with van der Waals surface area (Å²) in [4.78, 5) is 10.9. The highest BCUT2D eigenvalue weighted by Gasteiger charge is 2.33. The number of ether oxygens (including phenoxy) is 1. The van der Waals surface area contributed by atoms with Crippen LogP contribution in [0.1, 0.15) is 85.1 Å². The molecule has 2 saturated carbocycles. The summed E-state index contributed by atoms with van der Waals surface area (Å²) in [5.41, 5.74) is 1.23. The molecule has 32 heavy (non-hydrogen) atoms. The fourth-order valence-electron chi connectivity index (χ4n) is 4.13. The van der Waals surface area contributed by atoms with Crippen molar-refractivity contribution in [3.63, 3.8) is 0 Å². The molecule has 2 N–H and O–H groups in total. The van der Waals surface area contributed by atoms with Crippen LogP contribution in [-0.4, -0.2) is 23.2 Å².